The third kappa shape index (κ3) is 2.98. The summed E-state index contributed by atoms with van der Waals surface area (Å²) in [5, 5.41) is 0.399. The second-order valence-electron chi connectivity index (χ2n) is 4.19. The molecule has 0 radical (unpaired) electrons. The van der Waals surface area contributed by atoms with Crippen LogP contribution in [0.25, 0.3) is 0 Å². The van der Waals surface area contributed by atoms with E-state index in [-0.39, 0.29) is 17.1 Å². The maximum Gasteiger partial charge on any atom is 0.245 e. The van der Waals surface area contributed by atoms with Crippen LogP contribution in [0, 0.1) is 0 Å². The van der Waals surface area contributed by atoms with Crippen molar-refractivity contribution >= 4 is 27.3 Å². The Morgan fingerprint density at radius 1 is 1.35 bits per heavy atom. The Morgan fingerprint density at radius 3 is 2.65 bits per heavy atom. The van der Waals surface area contributed by atoms with Crippen LogP contribution in [0.5, 0.6) is 0 Å². The van der Waals surface area contributed by atoms with E-state index in [4.69, 9.17) is 21.8 Å². The lowest BCUT2D eigenvalue weighted by Crippen LogP contribution is -2.30. The average molecular weight is 315 g/mol. The summed E-state index contributed by atoms with van der Waals surface area (Å²) >= 11 is 5.79. The molecule has 0 saturated heterocycles. The number of hydrogen-bond donors (Lipinski definition) is 1. The SMILES string of the molecule is CCN(Cc1ccco1)S(=O)(=O)c1ccc(Cl)cc1N. The molecule has 0 atom stereocenters. The second kappa shape index (κ2) is 5.87. The summed E-state index contributed by atoms with van der Waals surface area (Å²) in [6, 6.07) is 7.79. The van der Waals surface area contributed by atoms with Gasteiger partial charge in [-0.05, 0) is 30.3 Å². The maximum atomic E-state index is 12.6. The molecule has 1 aromatic carbocycles. The van der Waals surface area contributed by atoms with Gasteiger partial charge in [0.1, 0.15) is 10.7 Å². The fourth-order valence-corrected chi connectivity index (χ4v) is 3.53. The Balaban J connectivity index is 2.36. The Bertz CT molecular complexity index is 684. The number of nitrogens with two attached hydrogens (primary N) is 1. The third-order valence-corrected chi connectivity index (χ3v) is 5.08. The van der Waals surface area contributed by atoms with Crippen molar-refractivity contribution in [3.8, 4) is 0 Å². The van der Waals surface area contributed by atoms with Gasteiger partial charge in [-0.3, -0.25) is 0 Å². The molecular weight excluding hydrogens is 300 g/mol. The van der Waals surface area contributed by atoms with Crippen LogP contribution in [0.1, 0.15) is 12.7 Å². The van der Waals surface area contributed by atoms with Gasteiger partial charge in [0.25, 0.3) is 0 Å². The van der Waals surface area contributed by atoms with Gasteiger partial charge in [-0.25, -0.2) is 8.42 Å². The number of sulfonamides is 1. The van der Waals surface area contributed by atoms with Crippen molar-refractivity contribution in [2.45, 2.75) is 18.4 Å². The summed E-state index contributed by atoms with van der Waals surface area (Å²) in [6.07, 6.45) is 1.51. The smallest absolute Gasteiger partial charge is 0.245 e. The van der Waals surface area contributed by atoms with Crippen LogP contribution >= 0.6 is 11.6 Å². The van der Waals surface area contributed by atoms with Crippen LogP contribution < -0.4 is 5.73 Å². The number of rotatable bonds is 5. The molecule has 0 aliphatic carbocycles. The number of furan rings is 1. The van der Waals surface area contributed by atoms with E-state index in [1.165, 1.54) is 28.8 Å². The summed E-state index contributed by atoms with van der Waals surface area (Å²) in [7, 11) is -3.68. The summed E-state index contributed by atoms with van der Waals surface area (Å²) in [4.78, 5) is 0.0512. The van der Waals surface area contributed by atoms with Gasteiger partial charge in [0.05, 0.1) is 18.5 Å². The number of halogens is 1. The van der Waals surface area contributed by atoms with Crippen molar-refractivity contribution in [3.05, 3.63) is 47.4 Å². The van der Waals surface area contributed by atoms with Gasteiger partial charge in [-0.2, -0.15) is 4.31 Å². The highest BCUT2D eigenvalue weighted by molar-refractivity contribution is 7.89. The number of anilines is 1. The van der Waals surface area contributed by atoms with E-state index in [0.29, 0.717) is 17.3 Å². The first kappa shape index (κ1) is 14.9. The normalized spacial score (nSPS) is 11.9. The van der Waals surface area contributed by atoms with Crippen LogP contribution in [-0.2, 0) is 16.6 Å². The first-order chi connectivity index (χ1) is 9.45. The molecule has 1 heterocycles. The van der Waals surface area contributed by atoms with Gasteiger partial charge in [-0.1, -0.05) is 18.5 Å². The van der Waals surface area contributed by atoms with Gasteiger partial charge >= 0.3 is 0 Å². The second-order valence-corrected chi connectivity index (χ2v) is 6.54. The van der Waals surface area contributed by atoms with E-state index in [1.807, 2.05) is 0 Å². The van der Waals surface area contributed by atoms with Crippen LogP contribution in [0.2, 0.25) is 5.02 Å². The molecule has 0 amide bonds. The highest BCUT2D eigenvalue weighted by atomic mass is 35.5. The largest absolute Gasteiger partial charge is 0.468 e. The zero-order valence-corrected chi connectivity index (χ0v) is 12.5. The standard InChI is InChI=1S/C13H15ClN2O3S/c1-2-16(9-11-4-3-7-19-11)20(17,18)13-6-5-10(14)8-12(13)15/h3-8H,2,9,15H2,1H3. The van der Waals surface area contributed by atoms with E-state index in [0.717, 1.165) is 0 Å². The van der Waals surface area contributed by atoms with Crippen molar-refractivity contribution in [2.24, 2.45) is 0 Å². The number of benzene rings is 1. The summed E-state index contributed by atoms with van der Waals surface area (Å²) in [5.41, 5.74) is 5.89. The van der Waals surface area contributed by atoms with Gasteiger partial charge in [0, 0.05) is 11.6 Å². The predicted molar refractivity (Wildman–Crippen MR) is 77.8 cm³/mol. The van der Waals surface area contributed by atoms with Crippen molar-refractivity contribution in [1.82, 2.24) is 4.31 Å². The minimum atomic E-state index is -3.68. The van der Waals surface area contributed by atoms with Crippen molar-refractivity contribution in [1.29, 1.82) is 0 Å². The quantitative estimate of drug-likeness (QED) is 0.861. The zero-order chi connectivity index (χ0) is 14.8. The van der Waals surface area contributed by atoms with Crippen molar-refractivity contribution in [2.75, 3.05) is 12.3 Å². The topological polar surface area (TPSA) is 76.5 Å². The van der Waals surface area contributed by atoms with Crippen LogP contribution in [0.4, 0.5) is 5.69 Å². The highest BCUT2D eigenvalue weighted by Crippen LogP contribution is 2.26. The number of nitrogen functional groups attached to an aromatic ring is 1. The van der Waals surface area contributed by atoms with Gasteiger partial charge in [0.2, 0.25) is 10.0 Å². The fourth-order valence-electron chi connectivity index (χ4n) is 1.84. The van der Waals surface area contributed by atoms with E-state index < -0.39 is 10.0 Å². The lowest BCUT2D eigenvalue weighted by Gasteiger charge is -2.20. The third-order valence-electron chi connectivity index (χ3n) is 2.85. The van der Waals surface area contributed by atoms with E-state index in [1.54, 1.807) is 19.1 Å². The van der Waals surface area contributed by atoms with Crippen molar-refractivity contribution in [3.63, 3.8) is 0 Å². The lowest BCUT2D eigenvalue weighted by atomic mass is 10.3. The molecule has 0 aliphatic rings. The first-order valence-corrected chi connectivity index (χ1v) is 7.84. The minimum Gasteiger partial charge on any atom is -0.468 e. The monoisotopic (exact) mass is 314 g/mol. The molecule has 1 aromatic heterocycles. The van der Waals surface area contributed by atoms with E-state index >= 15 is 0 Å². The molecule has 5 nitrogen and oxygen atoms in total. The molecule has 108 valence electrons. The summed E-state index contributed by atoms with van der Waals surface area (Å²) < 4.78 is 31.7. The molecule has 2 aromatic rings. The minimum absolute atomic E-state index is 0.0512. The Labute approximate surface area is 123 Å². The van der Waals surface area contributed by atoms with Crippen LogP contribution in [0.15, 0.2) is 45.9 Å². The predicted octanol–water partition coefficient (Wildman–Crippen LogP) is 2.73. The fraction of sp³-hybridized carbons (Fsp3) is 0.231. The van der Waals surface area contributed by atoms with Gasteiger partial charge in [-0.15, -0.1) is 0 Å². The Kier molecular flexibility index (Phi) is 4.37. The zero-order valence-electron chi connectivity index (χ0n) is 10.9. The molecule has 20 heavy (non-hydrogen) atoms. The molecule has 0 unspecified atom stereocenters. The Hall–Kier alpha value is -1.50. The number of hydrogen-bond acceptors (Lipinski definition) is 4. The van der Waals surface area contributed by atoms with Crippen LogP contribution in [0.3, 0.4) is 0 Å². The number of nitrogens with zero attached hydrogens (tertiary/aromatic N) is 1. The first-order valence-electron chi connectivity index (χ1n) is 6.02. The van der Waals surface area contributed by atoms with Crippen molar-refractivity contribution < 1.29 is 12.8 Å². The molecule has 0 spiro atoms. The molecule has 0 aliphatic heterocycles. The summed E-state index contributed by atoms with van der Waals surface area (Å²) in [6.45, 7) is 2.23. The van der Waals surface area contributed by atoms with Crippen LogP contribution in [-0.4, -0.2) is 19.3 Å². The Morgan fingerprint density at radius 2 is 2.10 bits per heavy atom. The lowest BCUT2D eigenvalue weighted by molar-refractivity contribution is 0.375. The molecule has 7 heteroatoms. The molecular formula is C13H15ClN2O3S. The van der Waals surface area contributed by atoms with Gasteiger partial charge < -0.3 is 10.2 Å². The average Bonchev–Trinajstić information content (AvgIpc) is 2.88. The molecule has 2 N–H and O–H groups in total. The molecule has 0 saturated carbocycles. The molecule has 0 fully saturated rings. The van der Waals surface area contributed by atoms with E-state index in [2.05, 4.69) is 0 Å². The molecule has 0 bridgehead atoms. The van der Waals surface area contributed by atoms with E-state index in [9.17, 15) is 8.42 Å². The summed E-state index contributed by atoms with van der Waals surface area (Å²) in [5.74, 6) is 0.572. The molecule has 2 rings (SSSR count). The van der Waals surface area contributed by atoms with Gasteiger partial charge in [0.15, 0.2) is 0 Å². The highest BCUT2D eigenvalue weighted by Gasteiger charge is 2.26. The maximum absolute atomic E-state index is 12.6.